The van der Waals surface area contributed by atoms with Gasteiger partial charge in [-0.3, -0.25) is 4.79 Å². The van der Waals surface area contributed by atoms with Crippen LogP contribution in [0, 0.1) is 11.3 Å². The van der Waals surface area contributed by atoms with Gasteiger partial charge in [0.15, 0.2) is 0 Å². The average Bonchev–Trinajstić information content (AvgIpc) is 2.49. The maximum Gasteiger partial charge on any atom is 0.320 e. The van der Waals surface area contributed by atoms with Crippen molar-refractivity contribution in [3.8, 4) is 0 Å². The van der Waals surface area contributed by atoms with Crippen LogP contribution in [0.2, 0.25) is 0 Å². The molecule has 2 N–H and O–H groups in total. The third-order valence-corrected chi connectivity index (χ3v) is 5.31. The zero-order chi connectivity index (χ0) is 15.6. The Bertz CT molecular complexity index is 404. The average molecular weight is 298 g/mol. The molecule has 2 amide bonds. The first-order chi connectivity index (χ1) is 9.89. The second kappa shape index (κ2) is 6.22. The van der Waals surface area contributed by atoms with Gasteiger partial charge in [-0.1, -0.05) is 13.8 Å². The van der Waals surface area contributed by atoms with E-state index in [1.54, 1.807) is 9.80 Å². The normalized spacial score (nSPS) is 29.3. The molecule has 2 aliphatic rings. The van der Waals surface area contributed by atoms with Gasteiger partial charge in [-0.25, -0.2) is 4.79 Å². The standard InChI is InChI=1S/C15H26N2O4/c1-3-15(13(19)20)5-8-16(9-6-15)14(21)17-7-4-11(2)12(18)10-17/h11-12,18H,3-10H2,1-2H3,(H,19,20). The van der Waals surface area contributed by atoms with Crippen LogP contribution >= 0.6 is 0 Å². The number of carbonyl (C=O) groups excluding carboxylic acids is 1. The highest BCUT2D eigenvalue weighted by atomic mass is 16.4. The number of carboxylic acid groups (broad SMARTS) is 1. The number of aliphatic carboxylic acids is 1. The number of likely N-dealkylation sites (tertiary alicyclic amines) is 2. The maximum atomic E-state index is 12.5. The van der Waals surface area contributed by atoms with Gasteiger partial charge < -0.3 is 20.0 Å². The Morgan fingerprint density at radius 1 is 1.19 bits per heavy atom. The van der Waals surface area contributed by atoms with Gasteiger partial charge in [-0.2, -0.15) is 0 Å². The van der Waals surface area contributed by atoms with Gasteiger partial charge in [0.25, 0.3) is 0 Å². The number of hydrogen-bond acceptors (Lipinski definition) is 3. The summed E-state index contributed by atoms with van der Waals surface area (Å²) in [6, 6.07) is -0.0592. The van der Waals surface area contributed by atoms with Gasteiger partial charge in [-0.05, 0) is 31.6 Å². The molecule has 2 aliphatic heterocycles. The van der Waals surface area contributed by atoms with Crippen molar-refractivity contribution in [1.82, 2.24) is 9.80 Å². The topological polar surface area (TPSA) is 81.1 Å². The number of aliphatic hydroxyl groups excluding tert-OH is 1. The summed E-state index contributed by atoms with van der Waals surface area (Å²) in [4.78, 5) is 27.3. The van der Waals surface area contributed by atoms with Gasteiger partial charge in [0.1, 0.15) is 0 Å². The number of amides is 2. The third kappa shape index (κ3) is 3.15. The fourth-order valence-corrected chi connectivity index (χ4v) is 3.27. The van der Waals surface area contributed by atoms with Crippen LogP contribution in [0.5, 0.6) is 0 Å². The Hall–Kier alpha value is -1.30. The monoisotopic (exact) mass is 298 g/mol. The van der Waals surface area contributed by atoms with E-state index in [9.17, 15) is 19.8 Å². The number of β-amino-alcohol motifs (C(OH)–C–C–N with tert-alkyl or cyclic N) is 1. The summed E-state index contributed by atoms with van der Waals surface area (Å²) in [6.45, 7) is 5.92. The smallest absolute Gasteiger partial charge is 0.320 e. The summed E-state index contributed by atoms with van der Waals surface area (Å²) in [5.74, 6) is -0.519. The number of carboxylic acids is 1. The Morgan fingerprint density at radius 3 is 2.29 bits per heavy atom. The van der Waals surface area contributed by atoms with E-state index < -0.39 is 17.5 Å². The van der Waals surface area contributed by atoms with Gasteiger partial charge in [0.05, 0.1) is 11.5 Å². The molecule has 6 nitrogen and oxygen atoms in total. The molecular weight excluding hydrogens is 272 g/mol. The molecule has 6 heteroatoms. The highest BCUT2D eigenvalue weighted by molar-refractivity contribution is 5.77. The highest BCUT2D eigenvalue weighted by Crippen LogP contribution is 2.35. The third-order valence-electron chi connectivity index (χ3n) is 5.31. The number of hydrogen-bond donors (Lipinski definition) is 2. The van der Waals surface area contributed by atoms with Gasteiger partial charge in [-0.15, -0.1) is 0 Å². The van der Waals surface area contributed by atoms with Gasteiger partial charge in [0, 0.05) is 26.2 Å². The molecule has 0 aromatic rings. The highest BCUT2D eigenvalue weighted by Gasteiger charge is 2.41. The van der Waals surface area contributed by atoms with Gasteiger partial charge >= 0.3 is 12.0 Å². The summed E-state index contributed by atoms with van der Waals surface area (Å²) >= 11 is 0. The predicted octanol–water partition coefficient (Wildman–Crippen LogP) is 1.39. The second-order valence-electron chi connectivity index (χ2n) is 6.49. The second-order valence-corrected chi connectivity index (χ2v) is 6.49. The molecule has 0 bridgehead atoms. The molecule has 0 aliphatic carbocycles. The minimum Gasteiger partial charge on any atom is -0.481 e. The van der Waals surface area contributed by atoms with Gasteiger partial charge in [0.2, 0.25) is 0 Å². The fourth-order valence-electron chi connectivity index (χ4n) is 3.27. The number of piperidine rings is 2. The predicted molar refractivity (Wildman–Crippen MR) is 77.9 cm³/mol. The van der Waals surface area contributed by atoms with Crippen LogP contribution in [0.25, 0.3) is 0 Å². The first-order valence-corrected chi connectivity index (χ1v) is 7.85. The number of rotatable bonds is 2. The van der Waals surface area contributed by atoms with Crippen molar-refractivity contribution in [1.29, 1.82) is 0 Å². The number of urea groups is 1. The van der Waals surface area contributed by atoms with E-state index in [2.05, 4.69) is 0 Å². The summed E-state index contributed by atoms with van der Waals surface area (Å²) < 4.78 is 0. The summed E-state index contributed by atoms with van der Waals surface area (Å²) in [6.07, 6.45) is 1.98. The molecule has 0 aromatic heterocycles. The van der Waals surface area contributed by atoms with E-state index in [0.29, 0.717) is 45.4 Å². The Morgan fingerprint density at radius 2 is 1.81 bits per heavy atom. The summed E-state index contributed by atoms with van der Waals surface area (Å²) in [5, 5.41) is 19.3. The number of aliphatic hydroxyl groups is 1. The lowest BCUT2D eigenvalue weighted by Crippen LogP contribution is -2.54. The Kier molecular flexibility index (Phi) is 4.76. The molecule has 21 heavy (non-hydrogen) atoms. The van der Waals surface area contributed by atoms with Crippen molar-refractivity contribution in [2.45, 2.75) is 45.6 Å². The van der Waals surface area contributed by atoms with Crippen molar-refractivity contribution in [3.05, 3.63) is 0 Å². The van der Waals surface area contributed by atoms with E-state index in [0.717, 1.165) is 6.42 Å². The SMILES string of the molecule is CCC1(C(=O)O)CCN(C(=O)N2CCC(C)C(O)C2)CC1. The van der Waals surface area contributed by atoms with Crippen molar-refractivity contribution < 1.29 is 19.8 Å². The summed E-state index contributed by atoms with van der Waals surface area (Å²) in [5.41, 5.74) is -0.674. The zero-order valence-corrected chi connectivity index (χ0v) is 12.9. The largest absolute Gasteiger partial charge is 0.481 e. The first-order valence-electron chi connectivity index (χ1n) is 7.85. The van der Waals surface area contributed by atoms with Crippen molar-refractivity contribution in [2.75, 3.05) is 26.2 Å². The van der Waals surface area contributed by atoms with Crippen molar-refractivity contribution in [2.24, 2.45) is 11.3 Å². The van der Waals surface area contributed by atoms with Crippen LogP contribution in [0.3, 0.4) is 0 Å². The van der Waals surface area contributed by atoms with Crippen LogP contribution in [-0.4, -0.2) is 64.3 Å². The number of nitrogens with zero attached hydrogens (tertiary/aromatic N) is 2. The Balaban J connectivity index is 1.93. The molecule has 2 fully saturated rings. The molecule has 2 heterocycles. The van der Waals surface area contributed by atoms with Crippen LogP contribution in [0.4, 0.5) is 4.79 Å². The van der Waals surface area contributed by atoms with E-state index in [4.69, 9.17) is 0 Å². The molecule has 0 saturated carbocycles. The molecule has 0 aromatic carbocycles. The quantitative estimate of drug-likeness (QED) is 0.807. The summed E-state index contributed by atoms with van der Waals surface area (Å²) in [7, 11) is 0. The van der Waals surface area contributed by atoms with E-state index in [1.807, 2.05) is 13.8 Å². The molecule has 2 atom stereocenters. The lowest BCUT2D eigenvalue weighted by molar-refractivity contribution is -0.152. The molecule has 2 saturated heterocycles. The van der Waals surface area contributed by atoms with E-state index >= 15 is 0 Å². The molecular formula is C15H26N2O4. The van der Waals surface area contributed by atoms with E-state index in [-0.39, 0.29) is 11.9 Å². The zero-order valence-electron chi connectivity index (χ0n) is 12.9. The van der Waals surface area contributed by atoms with Crippen molar-refractivity contribution >= 4 is 12.0 Å². The minimum atomic E-state index is -0.751. The molecule has 2 unspecified atom stereocenters. The van der Waals surface area contributed by atoms with Crippen LogP contribution in [0.15, 0.2) is 0 Å². The van der Waals surface area contributed by atoms with Crippen LogP contribution in [-0.2, 0) is 4.79 Å². The molecule has 0 spiro atoms. The lowest BCUT2D eigenvalue weighted by atomic mass is 9.76. The van der Waals surface area contributed by atoms with Crippen molar-refractivity contribution in [3.63, 3.8) is 0 Å². The first kappa shape index (κ1) is 16.1. The van der Waals surface area contributed by atoms with Crippen LogP contribution < -0.4 is 0 Å². The van der Waals surface area contributed by atoms with E-state index in [1.165, 1.54) is 0 Å². The molecule has 0 radical (unpaired) electrons. The molecule has 120 valence electrons. The molecule has 2 rings (SSSR count). The Labute approximate surface area is 125 Å². The minimum absolute atomic E-state index is 0.0592. The maximum absolute atomic E-state index is 12.5. The lowest BCUT2D eigenvalue weighted by Gasteiger charge is -2.42. The fraction of sp³-hybridized carbons (Fsp3) is 0.867. The number of carbonyl (C=O) groups is 2. The van der Waals surface area contributed by atoms with Crippen LogP contribution in [0.1, 0.15) is 39.5 Å².